The first kappa shape index (κ1) is 25.1. The number of sulfonamides is 1. The number of hydrogen-bond acceptors (Lipinski definition) is 8. The van der Waals surface area contributed by atoms with Crippen LogP contribution in [0.15, 0.2) is 53.5 Å². The summed E-state index contributed by atoms with van der Waals surface area (Å²) in [6.07, 6.45) is 5.22. The molecular weight excluding hydrogens is 462 g/mol. The lowest BCUT2D eigenvalue weighted by Crippen LogP contribution is -2.34. The van der Waals surface area contributed by atoms with Crippen LogP contribution in [0.3, 0.4) is 0 Å². The molecule has 0 bridgehead atoms. The van der Waals surface area contributed by atoms with E-state index < -0.39 is 15.3 Å². The minimum Gasteiger partial charge on any atom is -0.384 e. The molecule has 3 N–H and O–H groups in total. The minimum atomic E-state index is -3.42. The molecule has 3 heterocycles. The van der Waals surface area contributed by atoms with Gasteiger partial charge in [0.2, 0.25) is 10.0 Å². The zero-order chi connectivity index (χ0) is 23.8. The third-order valence-corrected chi connectivity index (χ3v) is 7.62. The van der Waals surface area contributed by atoms with E-state index in [4.69, 9.17) is 17.1 Å². The van der Waals surface area contributed by atoms with Crippen LogP contribution in [0.5, 0.6) is 0 Å². The molecule has 1 fully saturated rings. The van der Waals surface area contributed by atoms with E-state index in [0.717, 1.165) is 37.3 Å². The average Bonchev–Trinajstić information content (AvgIpc) is 2.80. The number of halogens is 1. The fourth-order valence-corrected chi connectivity index (χ4v) is 4.37. The lowest BCUT2D eigenvalue weighted by atomic mass is 9.93. The third kappa shape index (κ3) is 7.21. The number of aromatic nitrogens is 2. The Labute approximate surface area is 200 Å². The van der Waals surface area contributed by atoms with Crippen LogP contribution in [0.25, 0.3) is 0 Å². The van der Waals surface area contributed by atoms with Crippen LogP contribution in [0.2, 0.25) is 5.02 Å². The second-order valence-corrected chi connectivity index (χ2v) is 10.9. The molecule has 0 aliphatic carbocycles. The normalized spacial score (nSPS) is 16.1. The van der Waals surface area contributed by atoms with Crippen LogP contribution < -0.4 is 10.0 Å². The van der Waals surface area contributed by atoms with E-state index in [2.05, 4.69) is 30.0 Å². The van der Waals surface area contributed by atoms with Gasteiger partial charge in [0, 0.05) is 30.6 Å². The van der Waals surface area contributed by atoms with Crippen molar-refractivity contribution in [2.45, 2.75) is 44.4 Å². The van der Waals surface area contributed by atoms with E-state index in [-0.39, 0.29) is 5.92 Å². The number of nitrogens with zero attached hydrogens (tertiary/aromatic N) is 4. The van der Waals surface area contributed by atoms with Crippen molar-refractivity contribution >= 4 is 27.4 Å². The molecule has 9 nitrogen and oxygen atoms in total. The van der Waals surface area contributed by atoms with Crippen molar-refractivity contribution in [3.05, 3.63) is 64.8 Å². The zero-order valence-corrected chi connectivity index (χ0v) is 20.4. The van der Waals surface area contributed by atoms with E-state index in [1.165, 1.54) is 0 Å². The molecule has 11 heteroatoms. The summed E-state index contributed by atoms with van der Waals surface area (Å²) in [6, 6.07) is 9.04. The highest BCUT2D eigenvalue weighted by molar-refractivity contribution is 7.93. The first-order chi connectivity index (χ1) is 15.8. The average molecular weight is 492 g/mol. The number of likely N-dealkylation sites (tertiary alicyclic amines) is 1. The lowest BCUT2D eigenvalue weighted by molar-refractivity contribution is 0.225. The lowest BCUT2D eigenvalue weighted by Gasteiger charge is -2.31. The van der Waals surface area contributed by atoms with Gasteiger partial charge in [-0.2, -0.15) is 5.11 Å². The first-order valence-electron chi connectivity index (χ1n) is 10.9. The Bertz CT molecular complexity index is 1080. The monoisotopic (exact) mass is 491 g/mol. The molecule has 0 radical (unpaired) electrons. The summed E-state index contributed by atoms with van der Waals surface area (Å²) in [4.78, 5) is 11.0. The number of piperidine rings is 1. The molecule has 0 saturated carbocycles. The maximum Gasteiger partial charge on any atom is 0.236 e. The second-order valence-electron chi connectivity index (χ2n) is 8.25. The standard InChI is InChI=1S/C22H30ClN7O2S/c1-16(2)33(31,32)29-22-7-3-6-20(27-22)17-8-11-30(12-9-17)15-18(28-24)13-25-14-21-19(23)5-4-10-26-21/h3-7,10,13,16-17,24-25H,8-9,11-12,14-15H2,1-2H3,(H,27,29)/b18-13-,28-24?. The fraction of sp³-hybridized carbons (Fsp3) is 0.455. The molecule has 2 aromatic rings. The van der Waals surface area contributed by atoms with Gasteiger partial charge in [-0.1, -0.05) is 17.7 Å². The Morgan fingerprint density at radius 3 is 2.73 bits per heavy atom. The molecule has 2 aromatic heterocycles. The van der Waals surface area contributed by atoms with E-state index in [9.17, 15) is 8.42 Å². The Kier molecular flexibility index (Phi) is 8.76. The predicted molar refractivity (Wildman–Crippen MR) is 130 cm³/mol. The van der Waals surface area contributed by atoms with Crippen molar-refractivity contribution in [2.24, 2.45) is 5.11 Å². The molecule has 0 aromatic carbocycles. The summed E-state index contributed by atoms with van der Waals surface area (Å²) in [7, 11) is -3.42. The summed E-state index contributed by atoms with van der Waals surface area (Å²) in [5.74, 6) is 0.621. The van der Waals surface area contributed by atoms with Gasteiger partial charge in [0.25, 0.3) is 0 Å². The Morgan fingerprint density at radius 1 is 1.30 bits per heavy atom. The Hall–Kier alpha value is -2.56. The Morgan fingerprint density at radius 2 is 2.06 bits per heavy atom. The van der Waals surface area contributed by atoms with Gasteiger partial charge in [0.05, 0.1) is 28.2 Å². The molecule has 0 atom stereocenters. The van der Waals surface area contributed by atoms with E-state index in [0.29, 0.717) is 29.6 Å². The van der Waals surface area contributed by atoms with Gasteiger partial charge in [0.15, 0.2) is 0 Å². The molecule has 3 rings (SSSR count). The number of anilines is 1. The molecule has 178 valence electrons. The van der Waals surface area contributed by atoms with Crippen LogP contribution in [-0.2, 0) is 16.6 Å². The fourth-order valence-electron chi connectivity index (χ4n) is 3.54. The van der Waals surface area contributed by atoms with E-state index in [1.54, 1.807) is 44.4 Å². The van der Waals surface area contributed by atoms with Gasteiger partial charge in [-0.15, -0.1) is 0 Å². The molecule has 0 spiro atoms. The van der Waals surface area contributed by atoms with Crippen molar-refractivity contribution in [3.8, 4) is 0 Å². The zero-order valence-electron chi connectivity index (χ0n) is 18.8. The number of nitrogens with one attached hydrogen (secondary N) is 3. The predicted octanol–water partition coefficient (Wildman–Crippen LogP) is 4.12. The summed E-state index contributed by atoms with van der Waals surface area (Å²) in [5, 5.41) is 6.86. The van der Waals surface area contributed by atoms with Crippen LogP contribution in [0.1, 0.15) is 44.0 Å². The Balaban J connectivity index is 1.52. The molecule has 1 saturated heterocycles. The summed E-state index contributed by atoms with van der Waals surface area (Å²) >= 11 is 6.12. The van der Waals surface area contributed by atoms with Gasteiger partial charge in [-0.05, 0) is 64.0 Å². The summed E-state index contributed by atoms with van der Waals surface area (Å²) in [5.41, 5.74) is 9.75. The summed E-state index contributed by atoms with van der Waals surface area (Å²) < 4.78 is 26.8. The second kappa shape index (κ2) is 11.5. The maximum absolute atomic E-state index is 12.1. The van der Waals surface area contributed by atoms with Crippen LogP contribution >= 0.6 is 11.6 Å². The van der Waals surface area contributed by atoms with Crippen LogP contribution in [-0.4, -0.2) is 48.2 Å². The number of pyridine rings is 2. The van der Waals surface area contributed by atoms with Gasteiger partial charge in [-0.3, -0.25) is 14.6 Å². The van der Waals surface area contributed by atoms with Gasteiger partial charge in [0.1, 0.15) is 5.82 Å². The van der Waals surface area contributed by atoms with Crippen molar-refractivity contribution in [1.29, 1.82) is 5.53 Å². The number of rotatable bonds is 10. The smallest absolute Gasteiger partial charge is 0.236 e. The van der Waals surface area contributed by atoms with Gasteiger partial charge < -0.3 is 5.32 Å². The third-order valence-electron chi connectivity index (χ3n) is 5.55. The van der Waals surface area contributed by atoms with Crippen molar-refractivity contribution < 1.29 is 8.42 Å². The highest BCUT2D eigenvalue weighted by atomic mass is 35.5. The highest BCUT2D eigenvalue weighted by Gasteiger charge is 2.23. The van der Waals surface area contributed by atoms with Crippen LogP contribution in [0.4, 0.5) is 5.82 Å². The van der Waals surface area contributed by atoms with E-state index >= 15 is 0 Å². The molecular formula is C22H30ClN7O2S. The van der Waals surface area contributed by atoms with Crippen molar-refractivity contribution in [3.63, 3.8) is 0 Å². The summed E-state index contributed by atoms with van der Waals surface area (Å²) in [6.45, 7) is 5.98. The first-order valence-corrected chi connectivity index (χ1v) is 12.8. The molecule has 1 aliphatic rings. The van der Waals surface area contributed by atoms with Gasteiger partial charge in [-0.25, -0.2) is 18.9 Å². The topological polar surface area (TPSA) is 123 Å². The molecule has 0 amide bonds. The molecule has 0 unspecified atom stereocenters. The van der Waals surface area contributed by atoms with Crippen molar-refractivity contribution in [2.75, 3.05) is 24.4 Å². The quantitative estimate of drug-likeness (QED) is 0.429. The minimum absolute atomic E-state index is 0.259. The number of hydrogen-bond donors (Lipinski definition) is 3. The molecule has 33 heavy (non-hydrogen) atoms. The van der Waals surface area contributed by atoms with Crippen LogP contribution in [0, 0.1) is 5.53 Å². The highest BCUT2D eigenvalue weighted by Crippen LogP contribution is 2.28. The van der Waals surface area contributed by atoms with Gasteiger partial charge >= 0.3 is 0 Å². The maximum atomic E-state index is 12.1. The largest absolute Gasteiger partial charge is 0.384 e. The SMILES string of the molecule is CC(C)S(=O)(=O)Nc1cccc(C2CCN(C/C(=C/NCc3ncccc3Cl)N=N)CC2)n1. The van der Waals surface area contributed by atoms with Crippen molar-refractivity contribution in [1.82, 2.24) is 20.2 Å². The molecule has 1 aliphatic heterocycles. The van der Waals surface area contributed by atoms with E-state index in [1.807, 2.05) is 12.1 Å².